The minimum atomic E-state index is -5.04. The van der Waals surface area contributed by atoms with Gasteiger partial charge in [0, 0.05) is 24.1 Å². The summed E-state index contributed by atoms with van der Waals surface area (Å²) in [5.74, 6) is -1.32. The normalized spacial score (nSPS) is 16.2. The Bertz CT molecular complexity index is 1050. The highest BCUT2D eigenvalue weighted by atomic mass is 35.5. The van der Waals surface area contributed by atoms with Crippen LogP contribution in [0.15, 0.2) is 36.4 Å². The van der Waals surface area contributed by atoms with E-state index < -0.39 is 35.0 Å². The minimum Gasteiger partial charge on any atom is -0.351 e. The molecule has 1 N–H and O–H groups in total. The van der Waals surface area contributed by atoms with Gasteiger partial charge in [0.2, 0.25) is 0 Å². The number of carbonyl (C=O) groups is 1. The van der Waals surface area contributed by atoms with Crippen LogP contribution in [0.4, 0.5) is 26.3 Å². The number of benzene rings is 2. The molecular formula is C26H28Cl2F6N2O. The van der Waals surface area contributed by atoms with E-state index in [0.717, 1.165) is 31.2 Å². The topological polar surface area (TPSA) is 32.3 Å². The number of hydrogen-bond acceptors (Lipinski definition) is 2. The Labute approximate surface area is 222 Å². The molecule has 1 fully saturated rings. The number of nitrogens with zero attached hydrogens (tertiary/aromatic N) is 1. The van der Waals surface area contributed by atoms with Crippen LogP contribution in [0.2, 0.25) is 10.0 Å². The molecule has 2 aromatic rings. The van der Waals surface area contributed by atoms with Crippen molar-refractivity contribution in [2.75, 3.05) is 20.1 Å². The third kappa shape index (κ3) is 8.26. The average Bonchev–Trinajstić information content (AvgIpc) is 2.84. The number of rotatable bonds is 8. The lowest BCUT2D eigenvalue weighted by Gasteiger charge is -2.32. The van der Waals surface area contributed by atoms with Crippen LogP contribution in [0, 0.1) is 0 Å². The number of alkyl halides is 6. The van der Waals surface area contributed by atoms with Crippen molar-refractivity contribution in [3.8, 4) is 0 Å². The monoisotopic (exact) mass is 568 g/mol. The standard InChI is InChI=1S/C26H28Cl2F6N2O/c1-36(21-5-3-2-4-6-21)10-9-17(16-7-8-22(27)23(28)13-16)15-35-24(37)18-11-19(25(29,30)31)14-20(12-18)26(32,33)34/h7-8,11-14,17,21H,2-6,9-10,15H2,1H3,(H,35,37). The van der Waals surface area contributed by atoms with Gasteiger partial charge >= 0.3 is 12.4 Å². The average molecular weight is 569 g/mol. The van der Waals surface area contributed by atoms with Gasteiger partial charge in [0.15, 0.2) is 0 Å². The molecular weight excluding hydrogens is 541 g/mol. The van der Waals surface area contributed by atoms with E-state index in [4.69, 9.17) is 23.2 Å². The fourth-order valence-electron chi connectivity index (χ4n) is 4.62. The van der Waals surface area contributed by atoms with Crippen molar-refractivity contribution < 1.29 is 31.1 Å². The summed E-state index contributed by atoms with van der Waals surface area (Å²) >= 11 is 12.2. The van der Waals surface area contributed by atoms with Gasteiger partial charge in [-0.2, -0.15) is 26.3 Å². The maximum atomic E-state index is 13.2. The predicted octanol–water partition coefficient (Wildman–Crippen LogP) is 8.20. The lowest BCUT2D eigenvalue weighted by Crippen LogP contribution is -2.36. The van der Waals surface area contributed by atoms with Crippen LogP contribution in [0.1, 0.15) is 71.5 Å². The summed E-state index contributed by atoms with van der Waals surface area (Å²) in [5, 5.41) is 3.18. The first-order valence-corrected chi connectivity index (χ1v) is 12.7. The zero-order valence-electron chi connectivity index (χ0n) is 20.2. The van der Waals surface area contributed by atoms with Gasteiger partial charge in [0.05, 0.1) is 21.2 Å². The van der Waals surface area contributed by atoms with Crippen LogP contribution < -0.4 is 5.32 Å². The number of hydrogen-bond donors (Lipinski definition) is 1. The molecule has 0 aliphatic heterocycles. The molecule has 1 saturated carbocycles. The molecule has 1 unspecified atom stereocenters. The molecule has 0 aromatic heterocycles. The first-order chi connectivity index (χ1) is 17.3. The first kappa shape index (κ1) is 29.6. The smallest absolute Gasteiger partial charge is 0.351 e. The third-order valence-electron chi connectivity index (χ3n) is 6.80. The van der Waals surface area contributed by atoms with Crippen LogP contribution in [0.3, 0.4) is 0 Å². The minimum absolute atomic E-state index is 0.00358. The van der Waals surface area contributed by atoms with Crippen LogP contribution in [0.5, 0.6) is 0 Å². The second-order valence-corrected chi connectivity index (χ2v) is 10.3. The van der Waals surface area contributed by atoms with Gasteiger partial charge in [0.1, 0.15) is 0 Å². The molecule has 0 bridgehead atoms. The summed E-state index contributed by atoms with van der Waals surface area (Å²) in [4.78, 5) is 15.0. The molecule has 1 amide bonds. The van der Waals surface area contributed by atoms with Gasteiger partial charge in [-0.25, -0.2) is 0 Å². The molecule has 37 heavy (non-hydrogen) atoms. The second kappa shape index (κ2) is 12.3. The maximum absolute atomic E-state index is 13.2. The zero-order valence-corrected chi connectivity index (χ0v) is 21.7. The molecule has 3 rings (SSSR count). The Morgan fingerprint density at radius 1 is 0.946 bits per heavy atom. The Morgan fingerprint density at radius 3 is 2.08 bits per heavy atom. The van der Waals surface area contributed by atoms with E-state index in [9.17, 15) is 31.1 Å². The third-order valence-corrected chi connectivity index (χ3v) is 7.54. The molecule has 1 atom stereocenters. The highest BCUT2D eigenvalue weighted by molar-refractivity contribution is 6.42. The van der Waals surface area contributed by atoms with Crippen molar-refractivity contribution in [1.29, 1.82) is 0 Å². The van der Waals surface area contributed by atoms with Gasteiger partial charge in [0.25, 0.3) is 5.91 Å². The molecule has 0 heterocycles. The highest BCUT2D eigenvalue weighted by Gasteiger charge is 2.37. The van der Waals surface area contributed by atoms with Crippen molar-refractivity contribution in [1.82, 2.24) is 10.2 Å². The number of amides is 1. The number of carbonyl (C=O) groups excluding carboxylic acids is 1. The van der Waals surface area contributed by atoms with Crippen molar-refractivity contribution in [2.24, 2.45) is 0 Å². The van der Waals surface area contributed by atoms with Crippen LogP contribution in [-0.2, 0) is 12.4 Å². The Morgan fingerprint density at radius 2 is 1.54 bits per heavy atom. The van der Waals surface area contributed by atoms with Crippen molar-refractivity contribution in [2.45, 2.75) is 62.8 Å². The fraction of sp³-hybridized carbons (Fsp3) is 0.500. The second-order valence-electron chi connectivity index (χ2n) is 9.44. The molecule has 0 saturated heterocycles. The van der Waals surface area contributed by atoms with Crippen molar-refractivity contribution in [3.05, 3.63) is 68.7 Å². The Hall–Kier alpha value is -1.97. The van der Waals surface area contributed by atoms with Gasteiger partial charge in [-0.3, -0.25) is 4.79 Å². The number of nitrogens with one attached hydrogen (secondary N) is 1. The molecule has 0 radical (unpaired) electrons. The number of halogens is 8. The lowest BCUT2D eigenvalue weighted by atomic mass is 9.92. The van der Waals surface area contributed by atoms with Crippen LogP contribution >= 0.6 is 23.2 Å². The Kier molecular flexibility index (Phi) is 9.80. The molecule has 1 aliphatic carbocycles. The van der Waals surface area contributed by atoms with E-state index in [2.05, 4.69) is 10.2 Å². The van der Waals surface area contributed by atoms with Gasteiger partial charge < -0.3 is 10.2 Å². The van der Waals surface area contributed by atoms with Gasteiger partial charge in [-0.05, 0) is 68.8 Å². The lowest BCUT2D eigenvalue weighted by molar-refractivity contribution is -0.143. The summed E-state index contributed by atoms with van der Waals surface area (Å²) in [6.07, 6.45) is -3.75. The predicted molar refractivity (Wildman–Crippen MR) is 132 cm³/mol. The summed E-state index contributed by atoms with van der Waals surface area (Å²) < 4.78 is 79.2. The maximum Gasteiger partial charge on any atom is 0.416 e. The molecule has 0 spiro atoms. The Balaban J connectivity index is 1.79. The van der Waals surface area contributed by atoms with Gasteiger partial charge in [-0.1, -0.05) is 48.5 Å². The summed E-state index contributed by atoms with van der Waals surface area (Å²) in [5.41, 5.74) is -3.04. The summed E-state index contributed by atoms with van der Waals surface area (Å²) in [6.45, 7) is 0.681. The zero-order chi connectivity index (χ0) is 27.4. The van der Waals surface area contributed by atoms with Crippen molar-refractivity contribution in [3.63, 3.8) is 0 Å². The van der Waals surface area contributed by atoms with E-state index in [1.54, 1.807) is 18.2 Å². The largest absolute Gasteiger partial charge is 0.416 e. The molecule has 3 nitrogen and oxygen atoms in total. The summed E-state index contributed by atoms with van der Waals surface area (Å²) in [7, 11) is 2.03. The quantitative estimate of drug-likeness (QED) is 0.325. The first-order valence-electron chi connectivity index (χ1n) is 12.0. The van der Waals surface area contributed by atoms with E-state index in [-0.39, 0.29) is 18.5 Å². The van der Waals surface area contributed by atoms with Gasteiger partial charge in [-0.15, -0.1) is 0 Å². The molecule has 2 aromatic carbocycles. The summed E-state index contributed by atoms with van der Waals surface area (Å²) in [6, 6.07) is 6.32. The van der Waals surface area contributed by atoms with E-state index in [1.165, 1.54) is 6.42 Å². The molecule has 204 valence electrons. The van der Waals surface area contributed by atoms with E-state index in [1.807, 2.05) is 7.05 Å². The van der Waals surface area contributed by atoms with E-state index in [0.29, 0.717) is 41.2 Å². The fourth-order valence-corrected chi connectivity index (χ4v) is 4.93. The van der Waals surface area contributed by atoms with Crippen LogP contribution in [-0.4, -0.2) is 37.0 Å². The van der Waals surface area contributed by atoms with E-state index >= 15 is 0 Å². The highest BCUT2D eigenvalue weighted by Crippen LogP contribution is 2.36. The van der Waals surface area contributed by atoms with Crippen molar-refractivity contribution >= 4 is 29.1 Å². The van der Waals surface area contributed by atoms with Crippen LogP contribution in [0.25, 0.3) is 0 Å². The SMILES string of the molecule is CN(CCC(CNC(=O)c1cc(C(F)(F)F)cc(C(F)(F)F)c1)c1ccc(Cl)c(Cl)c1)C1CCCCC1. The molecule has 1 aliphatic rings. The molecule has 11 heteroatoms.